The number of benzene rings is 1. The number of rotatable bonds is 1. The van der Waals surface area contributed by atoms with Crippen LogP contribution in [0.15, 0.2) is 36.7 Å². The first-order valence-corrected chi connectivity index (χ1v) is 5.80. The zero-order valence-corrected chi connectivity index (χ0v) is 10.4. The second-order valence-corrected chi connectivity index (χ2v) is 4.46. The van der Waals surface area contributed by atoms with E-state index in [9.17, 15) is 5.11 Å². The third-order valence-electron chi connectivity index (χ3n) is 2.88. The van der Waals surface area contributed by atoms with Gasteiger partial charge >= 0.3 is 0 Å². The van der Waals surface area contributed by atoms with Crippen molar-refractivity contribution in [3.63, 3.8) is 0 Å². The van der Waals surface area contributed by atoms with E-state index in [0.717, 1.165) is 11.0 Å². The normalized spacial score (nSPS) is 11.0. The molecule has 0 atom stereocenters. The maximum Gasteiger partial charge on any atom is 0.144 e. The summed E-state index contributed by atoms with van der Waals surface area (Å²) >= 11 is 5.83. The molecule has 1 N–H and O–H groups in total. The van der Waals surface area contributed by atoms with E-state index in [-0.39, 0.29) is 5.75 Å². The molecule has 0 saturated heterocycles. The molecule has 0 fully saturated rings. The number of phenolic OH excluding ortho intramolecular Hbond substituents is 1. The number of hydrogen-bond acceptors (Lipinski definition) is 3. The van der Waals surface area contributed by atoms with Crippen LogP contribution in [-0.4, -0.2) is 19.6 Å². The fourth-order valence-corrected chi connectivity index (χ4v) is 2.15. The number of aromatic nitrogens is 3. The Bertz CT molecular complexity index is 736. The highest BCUT2D eigenvalue weighted by atomic mass is 35.5. The Morgan fingerprint density at radius 2 is 2.11 bits per heavy atom. The highest BCUT2D eigenvalue weighted by Gasteiger charge is 2.13. The molecule has 0 saturated carbocycles. The lowest BCUT2D eigenvalue weighted by atomic mass is 10.2. The molecule has 0 aliphatic carbocycles. The highest BCUT2D eigenvalue weighted by Crippen LogP contribution is 2.32. The summed E-state index contributed by atoms with van der Waals surface area (Å²) in [6.45, 7) is 0. The molecule has 0 unspecified atom stereocenters. The van der Waals surface area contributed by atoms with Gasteiger partial charge in [-0.15, -0.1) is 0 Å². The Labute approximate surface area is 108 Å². The van der Waals surface area contributed by atoms with Crippen LogP contribution in [0, 0.1) is 0 Å². The van der Waals surface area contributed by atoms with Crippen LogP contribution in [0.25, 0.3) is 22.4 Å². The fourth-order valence-electron chi connectivity index (χ4n) is 1.99. The average Bonchev–Trinajstić information content (AvgIpc) is 2.68. The van der Waals surface area contributed by atoms with Gasteiger partial charge in [0.2, 0.25) is 0 Å². The van der Waals surface area contributed by atoms with Gasteiger partial charge in [0.1, 0.15) is 17.1 Å². The van der Waals surface area contributed by atoms with E-state index in [1.54, 1.807) is 24.5 Å². The van der Waals surface area contributed by atoms with Crippen molar-refractivity contribution in [1.82, 2.24) is 14.5 Å². The summed E-state index contributed by atoms with van der Waals surface area (Å²) in [6, 6.07) is 6.88. The summed E-state index contributed by atoms with van der Waals surface area (Å²) < 4.78 is 1.92. The summed E-state index contributed by atoms with van der Waals surface area (Å²) in [5.74, 6) is 0.807. The molecule has 0 aliphatic heterocycles. The van der Waals surface area contributed by atoms with E-state index >= 15 is 0 Å². The molecule has 3 aromatic rings. The van der Waals surface area contributed by atoms with Crippen LogP contribution in [0.2, 0.25) is 5.02 Å². The first-order chi connectivity index (χ1) is 8.66. The molecule has 1 aromatic carbocycles. The predicted octanol–water partition coefficient (Wildman–Crippen LogP) is 2.99. The molecular formula is C13H10ClN3O. The number of nitrogens with zero attached hydrogens (tertiary/aromatic N) is 3. The van der Waals surface area contributed by atoms with Crippen LogP contribution in [0.3, 0.4) is 0 Å². The lowest BCUT2D eigenvalue weighted by Gasteiger charge is -2.05. The molecule has 3 rings (SSSR count). The first-order valence-electron chi connectivity index (χ1n) is 5.42. The van der Waals surface area contributed by atoms with E-state index in [1.807, 2.05) is 17.7 Å². The van der Waals surface area contributed by atoms with Crippen molar-refractivity contribution >= 4 is 22.6 Å². The largest absolute Gasteiger partial charge is 0.507 e. The van der Waals surface area contributed by atoms with Gasteiger partial charge in [-0.1, -0.05) is 11.6 Å². The fraction of sp³-hybridized carbons (Fsp3) is 0.0769. The number of hydrogen-bond donors (Lipinski definition) is 1. The van der Waals surface area contributed by atoms with Crippen molar-refractivity contribution in [3.8, 4) is 17.1 Å². The number of imidazole rings is 1. The summed E-state index contributed by atoms with van der Waals surface area (Å²) in [6.07, 6.45) is 3.42. The molecule has 5 heteroatoms. The molecule has 0 amide bonds. The second-order valence-electron chi connectivity index (χ2n) is 4.02. The van der Waals surface area contributed by atoms with Crippen LogP contribution in [-0.2, 0) is 7.05 Å². The van der Waals surface area contributed by atoms with Gasteiger partial charge in [-0.3, -0.25) is 4.98 Å². The molecule has 18 heavy (non-hydrogen) atoms. The first kappa shape index (κ1) is 11.0. The van der Waals surface area contributed by atoms with E-state index in [2.05, 4.69) is 9.97 Å². The number of fused-ring (bicyclic) bond motifs is 1. The van der Waals surface area contributed by atoms with Crippen LogP contribution >= 0.6 is 11.6 Å². The Kier molecular flexibility index (Phi) is 2.45. The summed E-state index contributed by atoms with van der Waals surface area (Å²) in [5.41, 5.74) is 2.41. The smallest absolute Gasteiger partial charge is 0.144 e. The van der Waals surface area contributed by atoms with Gasteiger partial charge in [-0.05, 0) is 24.3 Å². The lowest BCUT2D eigenvalue weighted by Crippen LogP contribution is -1.92. The van der Waals surface area contributed by atoms with Crippen LogP contribution in [0.1, 0.15) is 0 Å². The standard InChI is InChI=1S/C13H10ClN3O/c1-17-11-4-5-15-7-10(11)16-13(17)9-3-2-8(14)6-12(9)18/h2-7,18H,1H3. The number of halogens is 1. The molecule has 2 heterocycles. The summed E-state index contributed by atoms with van der Waals surface area (Å²) in [5, 5.41) is 10.4. The topological polar surface area (TPSA) is 50.9 Å². The molecular weight excluding hydrogens is 250 g/mol. The van der Waals surface area contributed by atoms with Gasteiger partial charge in [0.05, 0.1) is 17.3 Å². The predicted molar refractivity (Wildman–Crippen MR) is 70.6 cm³/mol. The molecule has 4 nitrogen and oxygen atoms in total. The van der Waals surface area contributed by atoms with Crippen molar-refractivity contribution in [2.75, 3.05) is 0 Å². The van der Waals surface area contributed by atoms with Crippen LogP contribution < -0.4 is 0 Å². The molecule has 0 aliphatic rings. The summed E-state index contributed by atoms with van der Waals surface area (Å²) in [7, 11) is 1.90. The molecule has 0 radical (unpaired) electrons. The van der Waals surface area contributed by atoms with Crippen molar-refractivity contribution in [2.45, 2.75) is 0 Å². The van der Waals surface area contributed by atoms with Crippen molar-refractivity contribution in [1.29, 1.82) is 0 Å². The van der Waals surface area contributed by atoms with Gasteiger partial charge in [0.15, 0.2) is 0 Å². The van der Waals surface area contributed by atoms with Gasteiger partial charge in [-0.25, -0.2) is 4.98 Å². The number of phenols is 1. The van der Waals surface area contributed by atoms with Gasteiger partial charge < -0.3 is 9.67 Å². The Balaban J connectivity index is 2.28. The van der Waals surface area contributed by atoms with E-state index in [0.29, 0.717) is 16.4 Å². The number of aryl methyl sites for hydroxylation is 1. The minimum Gasteiger partial charge on any atom is -0.507 e. The highest BCUT2D eigenvalue weighted by molar-refractivity contribution is 6.30. The summed E-state index contributed by atoms with van der Waals surface area (Å²) in [4.78, 5) is 8.51. The Hall–Kier alpha value is -2.07. The molecule has 0 bridgehead atoms. The lowest BCUT2D eigenvalue weighted by molar-refractivity contribution is 0.476. The van der Waals surface area contributed by atoms with Gasteiger partial charge in [0, 0.05) is 18.3 Å². The minimum absolute atomic E-state index is 0.119. The Morgan fingerprint density at radius 1 is 1.28 bits per heavy atom. The van der Waals surface area contributed by atoms with Crippen LogP contribution in [0.4, 0.5) is 0 Å². The van der Waals surface area contributed by atoms with Crippen molar-refractivity contribution in [3.05, 3.63) is 41.7 Å². The average molecular weight is 260 g/mol. The van der Waals surface area contributed by atoms with Crippen molar-refractivity contribution < 1.29 is 5.11 Å². The second kappa shape index (κ2) is 3.99. The number of aromatic hydroxyl groups is 1. The number of pyridine rings is 1. The monoisotopic (exact) mass is 259 g/mol. The van der Waals surface area contributed by atoms with Crippen LogP contribution in [0.5, 0.6) is 5.75 Å². The molecule has 2 aromatic heterocycles. The third kappa shape index (κ3) is 1.62. The third-order valence-corrected chi connectivity index (χ3v) is 3.12. The Morgan fingerprint density at radius 3 is 2.83 bits per heavy atom. The van der Waals surface area contributed by atoms with E-state index in [4.69, 9.17) is 11.6 Å². The van der Waals surface area contributed by atoms with Gasteiger partial charge in [0.25, 0.3) is 0 Å². The van der Waals surface area contributed by atoms with Gasteiger partial charge in [-0.2, -0.15) is 0 Å². The minimum atomic E-state index is 0.119. The quantitative estimate of drug-likeness (QED) is 0.731. The van der Waals surface area contributed by atoms with E-state index < -0.39 is 0 Å². The zero-order valence-electron chi connectivity index (χ0n) is 9.63. The SMILES string of the molecule is Cn1c(-c2ccc(Cl)cc2O)nc2cnccc21. The molecule has 0 spiro atoms. The van der Waals surface area contributed by atoms with E-state index in [1.165, 1.54) is 6.07 Å². The maximum atomic E-state index is 9.94. The zero-order chi connectivity index (χ0) is 12.7. The maximum absolute atomic E-state index is 9.94. The molecule has 90 valence electrons. The van der Waals surface area contributed by atoms with Crippen molar-refractivity contribution in [2.24, 2.45) is 7.05 Å².